The first kappa shape index (κ1) is 14.4. The fourth-order valence-corrected chi connectivity index (χ4v) is 1.94. The number of hydrogen-bond acceptors (Lipinski definition) is 5. The lowest BCUT2D eigenvalue weighted by Crippen LogP contribution is -2.25. The quantitative estimate of drug-likeness (QED) is 0.840. The highest BCUT2D eigenvalue weighted by Gasteiger charge is 2.14. The van der Waals surface area contributed by atoms with Gasteiger partial charge >= 0.3 is 0 Å². The zero-order valence-corrected chi connectivity index (χ0v) is 11.4. The molecule has 2 aromatic rings. The first-order valence-electron chi connectivity index (χ1n) is 6.27. The molecule has 2 N–H and O–H groups in total. The molecular formula is C16H14N2O3. The normalized spacial score (nSPS) is 9.90. The Morgan fingerprint density at radius 2 is 1.86 bits per heavy atom. The number of rotatable bonds is 4. The summed E-state index contributed by atoms with van der Waals surface area (Å²) in [6, 6.07) is 12.8. The van der Waals surface area contributed by atoms with Gasteiger partial charge in [-0.3, -0.25) is 4.79 Å². The van der Waals surface area contributed by atoms with E-state index < -0.39 is 0 Å². The Hall–Kier alpha value is -3.00. The van der Waals surface area contributed by atoms with Gasteiger partial charge in [0.05, 0.1) is 23.7 Å². The van der Waals surface area contributed by atoms with Crippen molar-refractivity contribution >= 4 is 11.5 Å². The predicted molar refractivity (Wildman–Crippen MR) is 78.5 cm³/mol. The Balaban J connectivity index is 2.13. The molecule has 0 aromatic heterocycles. The molecule has 0 bridgehead atoms. The molecule has 5 nitrogen and oxygen atoms in total. The van der Waals surface area contributed by atoms with Crippen LogP contribution < -0.4 is 4.90 Å². The Morgan fingerprint density at radius 1 is 1.19 bits per heavy atom. The second kappa shape index (κ2) is 5.97. The van der Waals surface area contributed by atoms with E-state index >= 15 is 0 Å². The van der Waals surface area contributed by atoms with E-state index in [1.807, 2.05) is 6.07 Å². The van der Waals surface area contributed by atoms with Gasteiger partial charge in [-0.2, -0.15) is 5.26 Å². The summed E-state index contributed by atoms with van der Waals surface area (Å²) in [5.41, 5.74) is 1.50. The van der Waals surface area contributed by atoms with Crippen LogP contribution in [0.4, 0.5) is 5.69 Å². The van der Waals surface area contributed by atoms with Crippen molar-refractivity contribution in [2.75, 3.05) is 18.5 Å². The molecule has 0 unspecified atom stereocenters. The van der Waals surface area contributed by atoms with Crippen LogP contribution in [-0.2, 0) is 0 Å². The summed E-state index contributed by atoms with van der Waals surface area (Å²) in [4.78, 5) is 13.9. The Bertz CT molecular complexity index is 702. The van der Waals surface area contributed by atoms with Gasteiger partial charge in [-0.05, 0) is 36.4 Å². The van der Waals surface area contributed by atoms with Gasteiger partial charge in [-0.15, -0.1) is 0 Å². The van der Waals surface area contributed by atoms with Crippen LogP contribution in [0.1, 0.15) is 15.9 Å². The lowest BCUT2D eigenvalue weighted by atomic mass is 10.1. The summed E-state index contributed by atoms with van der Waals surface area (Å²) in [6.45, 7) is 0.0736. The SMILES string of the molecule is CN(CC(=O)c1ccc(O)cc1O)c1ccc(C#N)cc1. The van der Waals surface area contributed by atoms with Gasteiger partial charge in [-0.1, -0.05) is 0 Å². The number of phenolic OH excluding ortho intramolecular Hbond substituents is 2. The molecule has 0 amide bonds. The number of ketones is 1. The number of Topliss-reactive ketones (excluding diaryl/α,β-unsaturated/α-hetero) is 1. The Morgan fingerprint density at radius 3 is 2.43 bits per heavy atom. The van der Waals surface area contributed by atoms with Crippen molar-refractivity contribution in [2.45, 2.75) is 0 Å². The summed E-state index contributed by atoms with van der Waals surface area (Å²) < 4.78 is 0. The highest BCUT2D eigenvalue weighted by Crippen LogP contribution is 2.23. The smallest absolute Gasteiger partial charge is 0.185 e. The minimum absolute atomic E-state index is 0.0736. The number of nitriles is 1. The van der Waals surface area contributed by atoms with E-state index in [-0.39, 0.29) is 29.4 Å². The van der Waals surface area contributed by atoms with E-state index in [1.165, 1.54) is 12.1 Å². The van der Waals surface area contributed by atoms with Crippen molar-refractivity contribution in [2.24, 2.45) is 0 Å². The molecule has 2 rings (SSSR count). The number of benzene rings is 2. The molecule has 0 radical (unpaired) electrons. The van der Waals surface area contributed by atoms with E-state index in [1.54, 1.807) is 36.2 Å². The molecule has 0 aliphatic rings. The molecular weight excluding hydrogens is 268 g/mol. The fraction of sp³-hybridized carbons (Fsp3) is 0.125. The van der Waals surface area contributed by atoms with Crippen LogP contribution in [0.3, 0.4) is 0 Å². The number of carbonyl (C=O) groups excluding carboxylic acids is 1. The lowest BCUT2D eigenvalue weighted by molar-refractivity contribution is 0.0998. The zero-order valence-electron chi connectivity index (χ0n) is 11.4. The number of likely N-dealkylation sites (N-methyl/N-ethyl adjacent to an activating group) is 1. The van der Waals surface area contributed by atoms with E-state index in [9.17, 15) is 15.0 Å². The van der Waals surface area contributed by atoms with Crippen LogP contribution in [0.15, 0.2) is 42.5 Å². The van der Waals surface area contributed by atoms with Crippen LogP contribution in [0.5, 0.6) is 11.5 Å². The van der Waals surface area contributed by atoms with Gasteiger partial charge in [0.1, 0.15) is 11.5 Å². The van der Waals surface area contributed by atoms with E-state index in [2.05, 4.69) is 0 Å². The number of carbonyl (C=O) groups is 1. The van der Waals surface area contributed by atoms with Crippen LogP contribution in [0, 0.1) is 11.3 Å². The topological polar surface area (TPSA) is 84.6 Å². The maximum absolute atomic E-state index is 12.1. The summed E-state index contributed by atoms with van der Waals surface area (Å²) in [5.74, 6) is -0.600. The Kier molecular flexibility index (Phi) is 4.10. The van der Waals surface area contributed by atoms with Crippen molar-refractivity contribution in [1.29, 1.82) is 5.26 Å². The predicted octanol–water partition coefficient (Wildman–Crippen LogP) is 2.29. The van der Waals surface area contributed by atoms with Crippen molar-refractivity contribution in [3.8, 4) is 17.6 Å². The van der Waals surface area contributed by atoms with Gasteiger partial charge < -0.3 is 15.1 Å². The second-order valence-electron chi connectivity index (χ2n) is 4.64. The zero-order chi connectivity index (χ0) is 15.4. The van der Waals surface area contributed by atoms with Gasteiger partial charge in [0, 0.05) is 18.8 Å². The summed E-state index contributed by atoms with van der Waals surface area (Å²) in [7, 11) is 1.75. The highest BCUT2D eigenvalue weighted by molar-refractivity contribution is 6.01. The third-order valence-corrected chi connectivity index (χ3v) is 3.10. The number of anilines is 1. The molecule has 21 heavy (non-hydrogen) atoms. The van der Waals surface area contributed by atoms with Crippen molar-refractivity contribution in [3.63, 3.8) is 0 Å². The lowest BCUT2D eigenvalue weighted by Gasteiger charge is -2.18. The van der Waals surface area contributed by atoms with Gasteiger partial charge in [0.15, 0.2) is 5.78 Å². The summed E-state index contributed by atoms with van der Waals surface area (Å²) >= 11 is 0. The molecule has 106 valence electrons. The van der Waals surface area contributed by atoms with E-state index in [4.69, 9.17) is 5.26 Å². The summed E-state index contributed by atoms with van der Waals surface area (Å²) in [6.07, 6.45) is 0. The molecule has 0 saturated heterocycles. The van der Waals surface area contributed by atoms with Crippen LogP contribution in [0.2, 0.25) is 0 Å². The minimum atomic E-state index is -0.264. The molecule has 0 aliphatic heterocycles. The number of phenols is 2. The minimum Gasteiger partial charge on any atom is -0.508 e. The second-order valence-corrected chi connectivity index (χ2v) is 4.64. The van der Waals surface area contributed by atoms with Gasteiger partial charge in [0.2, 0.25) is 0 Å². The molecule has 0 atom stereocenters. The molecule has 0 aliphatic carbocycles. The van der Waals surface area contributed by atoms with Crippen molar-refractivity contribution < 1.29 is 15.0 Å². The third kappa shape index (κ3) is 3.31. The van der Waals surface area contributed by atoms with Crippen molar-refractivity contribution in [3.05, 3.63) is 53.6 Å². The van der Waals surface area contributed by atoms with Gasteiger partial charge in [-0.25, -0.2) is 0 Å². The maximum atomic E-state index is 12.1. The number of hydrogen-bond donors (Lipinski definition) is 2. The first-order valence-corrected chi connectivity index (χ1v) is 6.27. The fourth-order valence-electron chi connectivity index (χ4n) is 1.94. The number of aromatic hydroxyl groups is 2. The molecule has 5 heteroatoms. The maximum Gasteiger partial charge on any atom is 0.185 e. The molecule has 0 spiro atoms. The standard InChI is InChI=1S/C16H14N2O3/c1-18(12-4-2-11(9-17)3-5-12)10-16(21)14-7-6-13(19)8-15(14)20/h2-8,19-20H,10H2,1H3. The molecule has 0 fully saturated rings. The molecule has 2 aromatic carbocycles. The van der Waals surface area contributed by atoms with E-state index in [0.717, 1.165) is 11.8 Å². The summed E-state index contributed by atoms with van der Waals surface area (Å²) in [5, 5.41) is 27.6. The van der Waals surface area contributed by atoms with Crippen LogP contribution in [-0.4, -0.2) is 29.6 Å². The highest BCUT2D eigenvalue weighted by atomic mass is 16.3. The molecule has 0 heterocycles. The van der Waals surface area contributed by atoms with Gasteiger partial charge in [0.25, 0.3) is 0 Å². The molecule has 0 saturated carbocycles. The third-order valence-electron chi connectivity index (χ3n) is 3.10. The average Bonchev–Trinajstić information content (AvgIpc) is 2.47. The number of nitrogens with zero attached hydrogens (tertiary/aromatic N) is 2. The first-order chi connectivity index (χ1) is 10.0. The average molecular weight is 282 g/mol. The Labute approximate surface area is 122 Å². The largest absolute Gasteiger partial charge is 0.508 e. The van der Waals surface area contributed by atoms with Crippen LogP contribution in [0.25, 0.3) is 0 Å². The van der Waals surface area contributed by atoms with Crippen molar-refractivity contribution in [1.82, 2.24) is 0 Å². The van der Waals surface area contributed by atoms with Crippen LogP contribution >= 0.6 is 0 Å². The monoisotopic (exact) mass is 282 g/mol. The van der Waals surface area contributed by atoms with E-state index in [0.29, 0.717) is 5.56 Å².